The van der Waals surface area contributed by atoms with E-state index in [0.717, 1.165) is 65.6 Å². The zero-order valence-corrected chi connectivity index (χ0v) is 27.5. The summed E-state index contributed by atoms with van der Waals surface area (Å²) in [7, 11) is 0. The molecule has 0 spiro atoms. The second kappa shape index (κ2) is 12.3. The van der Waals surface area contributed by atoms with Gasteiger partial charge in [0, 0.05) is 34.6 Å². The lowest BCUT2D eigenvalue weighted by Gasteiger charge is -2.39. The van der Waals surface area contributed by atoms with Crippen molar-refractivity contribution in [3.63, 3.8) is 0 Å². The topological polar surface area (TPSA) is 92.2 Å². The van der Waals surface area contributed by atoms with E-state index in [0.29, 0.717) is 17.4 Å². The zero-order chi connectivity index (χ0) is 32.7. The summed E-state index contributed by atoms with van der Waals surface area (Å²) < 4.78 is 1.78. The number of para-hydroxylation sites is 1. The highest BCUT2D eigenvalue weighted by Gasteiger charge is 2.43. The van der Waals surface area contributed by atoms with E-state index in [4.69, 9.17) is 5.10 Å². The Morgan fingerprint density at radius 1 is 0.851 bits per heavy atom. The molecule has 2 atom stereocenters. The Labute approximate surface area is 276 Å². The number of carbonyl (C=O) groups excluding carboxylic acids is 2. The second-order valence-corrected chi connectivity index (χ2v) is 14.2. The monoisotopic (exact) mass is 626 g/mol. The van der Waals surface area contributed by atoms with Crippen molar-refractivity contribution in [2.45, 2.75) is 77.3 Å². The Kier molecular flexibility index (Phi) is 8.04. The van der Waals surface area contributed by atoms with Gasteiger partial charge in [-0.15, -0.1) is 0 Å². The number of aromatic nitrogens is 3. The van der Waals surface area contributed by atoms with E-state index >= 15 is 0 Å². The lowest BCUT2D eigenvalue weighted by Crippen LogP contribution is -2.47. The average molecular weight is 627 g/mol. The minimum atomic E-state index is -0.319. The number of benzene rings is 3. The number of pyridine rings is 1. The van der Waals surface area contributed by atoms with Crippen LogP contribution in [0.3, 0.4) is 0 Å². The molecule has 2 fully saturated rings. The van der Waals surface area contributed by atoms with Crippen LogP contribution in [0.15, 0.2) is 91.0 Å². The summed E-state index contributed by atoms with van der Waals surface area (Å²) in [5.41, 5.74) is 6.15. The quantitative estimate of drug-likeness (QED) is 0.198. The highest BCUT2D eigenvalue weighted by molar-refractivity contribution is 5.99. The van der Waals surface area contributed by atoms with Gasteiger partial charge in [-0.3, -0.25) is 10.1 Å². The molecule has 2 saturated heterocycles. The van der Waals surface area contributed by atoms with Crippen LogP contribution in [0.5, 0.6) is 0 Å². The molecular formula is C39H42N6O2. The van der Waals surface area contributed by atoms with Gasteiger partial charge in [-0.1, -0.05) is 74.9 Å². The number of nitrogens with one attached hydrogen (secondary N) is 2. The number of urea groups is 1. The first-order valence-electron chi connectivity index (χ1n) is 16.6. The SMILES string of the molecule is Cc1ccc(-n2nc(C(C)(C)C)cc2NC(=O)Nc2ccc(CC3CC4CCC(C3)N4C(=O)c3ccc4ccccc4n3)cc2)cc1. The van der Waals surface area contributed by atoms with Crippen molar-refractivity contribution in [1.29, 1.82) is 0 Å². The largest absolute Gasteiger partial charge is 0.331 e. The van der Waals surface area contributed by atoms with E-state index < -0.39 is 0 Å². The molecule has 5 aromatic rings. The number of anilines is 2. The molecule has 240 valence electrons. The van der Waals surface area contributed by atoms with Crippen LogP contribution >= 0.6 is 0 Å². The van der Waals surface area contributed by atoms with Crippen molar-refractivity contribution in [3.8, 4) is 5.69 Å². The number of amides is 3. The number of nitrogens with zero attached hydrogens (tertiary/aromatic N) is 4. The van der Waals surface area contributed by atoms with Crippen molar-refractivity contribution in [2.75, 3.05) is 10.6 Å². The summed E-state index contributed by atoms with van der Waals surface area (Å²) in [5.74, 6) is 1.19. The Balaban J connectivity index is 0.971. The molecule has 8 heteroatoms. The molecule has 2 bridgehead atoms. The number of rotatable bonds is 6. The van der Waals surface area contributed by atoms with Crippen LogP contribution in [0.25, 0.3) is 16.6 Å². The molecule has 2 unspecified atom stereocenters. The predicted octanol–water partition coefficient (Wildman–Crippen LogP) is 8.30. The first-order chi connectivity index (χ1) is 22.6. The van der Waals surface area contributed by atoms with E-state index in [2.05, 4.69) is 53.4 Å². The maximum absolute atomic E-state index is 13.6. The zero-order valence-electron chi connectivity index (χ0n) is 27.5. The van der Waals surface area contributed by atoms with E-state index in [1.54, 1.807) is 4.68 Å². The predicted molar refractivity (Wildman–Crippen MR) is 187 cm³/mol. The summed E-state index contributed by atoms with van der Waals surface area (Å²) in [4.78, 5) is 33.5. The molecule has 2 aliphatic rings. The molecule has 3 aromatic carbocycles. The van der Waals surface area contributed by atoms with Gasteiger partial charge < -0.3 is 10.2 Å². The van der Waals surface area contributed by atoms with Crippen LogP contribution in [0.4, 0.5) is 16.3 Å². The van der Waals surface area contributed by atoms with Gasteiger partial charge >= 0.3 is 6.03 Å². The van der Waals surface area contributed by atoms with Gasteiger partial charge in [0.25, 0.3) is 5.91 Å². The smallest absolute Gasteiger partial charge is 0.324 e. The van der Waals surface area contributed by atoms with Gasteiger partial charge in [-0.05, 0) is 86.9 Å². The lowest BCUT2D eigenvalue weighted by atomic mass is 9.85. The van der Waals surface area contributed by atoms with E-state index in [1.165, 1.54) is 5.56 Å². The third-order valence-electron chi connectivity index (χ3n) is 9.62. The number of fused-ring (bicyclic) bond motifs is 3. The van der Waals surface area contributed by atoms with E-state index in [-0.39, 0.29) is 29.4 Å². The Morgan fingerprint density at radius 2 is 1.55 bits per heavy atom. The molecule has 0 radical (unpaired) electrons. The fourth-order valence-electron chi connectivity index (χ4n) is 7.16. The first kappa shape index (κ1) is 30.7. The molecule has 7 rings (SSSR count). The first-order valence-corrected chi connectivity index (χ1v) is 16.6. The number of hydrogen-bond donors (Lipinski definition) is 2. The Morgan fingerprint density at radius 3 is 2.26 bits per heavy atom. The molecule has 4 heterocycles. The van der Waals surface area contributed by atoms with Gasteiger partial charge in [-0.25, -0.2) is 14.5 Å². The summed E-state index contributed by atoms with van der Waals surface area (Å²) in [6.07, 6.45) is 5.07. The van der Waals surface area contributed by atoms with Crippen molar-refractivity contribution < 1.29 is 9.59 Å². The molecule has 47 heavy (non-hydrogen) atoms. The molecule has 3 amide bonds. The summed E-state index contributed by atoms with van der Waals surface area (Å²) >= 11 is 0. The third-order valence-corrected chi connectivity index (χ3v) is 9.62. The molecule has 2 N–H and O–H groups in total. The standard InChI is InChI=1S/C39H42N6O2/c1-25-9-16-30(17-10-25)45-36(24-35(43-45)39(2,3)4)42-38(47)40-29-14-11-26(12-15-29)21-27-22-31-18-19-32(23-27)44(31)37(46)34-20-13-28-7-5-6-8-33(28)41-34/h5-17,20,24,27,31-32H,18-19,21-23H2,1-4H3,(H2,40,42,47). The van der Waals surface area contributed by atoms with Crippen LogP contribution in [-0.4, -0.2) is 43.7 Å². The third kappa shape index (κ3) is 6.50. The Bertz CT molecular complexity index is 1910. The number of aryl methyl sites for hydroxylation is 1. The summed E-state index contributed by atoms with van der Waals surface area (Å²) in [5, 5.41) is 11.9. The van der Waals surface area contributed by atoms with Gasteiger partial charge in [-0.2, -0.15) is 5.10 Å². The Hall–Kier alpha value is -4.98. The molecule has 2 aliphatic heterocycles. The molecule has 8 nitrogen and oxygen atoms in total. The van der Waals surface area contributed by atoms with Crippen LogP contribution < -0.4 is 10.6 Å². The average Bonchev–Trinajstić information content (AvgIpc) is 3.60. The van der Waals surface area contributed by atoms with Crippen molar-refractivity contribution >= 4 is 34.3 Å². The summed E-state index contributed by atoms with van der Waals surface area (Å²) in [6.45, 7) is 8.37. The maximum Gasteiger partial charge on any atom is 0.324 e. The second-order valence-electron chi connectivity index (χ2n) is 14.2. The van der Waals surface area contributed by atoms with E-state index in [1.807, 2.05) is 85.8 Å². The van der Waals surface area contributed by atoms with Crippen LogP contribution in [0.1, 0.15) is 73.8 Å². The molecule has 0 aliphatic carbocycles. The highest BCUT2D eigenvalue weighted by atomic mass is 16.2. The van der Waals surface area contributed by atoms with Crippen molar-refractivity contribution in [1.82, 2.24) is 19.7 Å². The van der Waals surface area contributed by atoms with Crippen LogP contribution in [0, 0.1) is 12.8 Å². The lowest BCUT2D eigenvalue weighted by molar-refractivity contribution is 0.0519. The highest BCUT2D eigenvalue weighted by Crippen LogP contribution is 2.41. The van der Waals surface area contributed by atoms with Gasteiger partial charge in [0.15, 0.2) is 0 Å². The summed E-state index contributed by atoms with van der Waals surface area (Å²) in [6, 6.07) is 30.2. The number of piperidine rings is 1. The van der Waals surface area contributed by atoms with E-state index in [9.17, 15) is 9.59 Å². The fraction of sp³-hybridized carbons (Fsp3) is 0.333. The molecule has 2 aromatic heterocycles. The normalized spacial score (nSPS) is 19.1. The number of hydrogen-bond acceptors (Lipinski definition) is 4. The maximum atomic E-state index is 13.6. The fourth-order valence-corrected chi connectivity index (χ4v) is 7.16. The van der Waals surface area contributed by atoms with Crippen LogP contribution in [0.2, 0.25) is 0 Å². The van der Waals surface area contributed by atoms with Crippen LogP contribution in [-0.2, 0) is 11.8 Å². The van der Waals surface area contributed by atoms with Gasteiger partial charge in [0.2, 0.25) is 0 Å². The molecular weight excluding hydrogens is 584 g/mol. The minimum absolute atomic E-state index is 0.0620. The van der Waals surface area contributed by atoms with Crippen molar-refractivity contribution in [2.24, 2.45) is 5.92 Å². The van der Waals surface area contributed by atoms with Gasteiger partial charge in [0.05, 0.1) is 16.9 Å². The number of carbonyl (C=O) groups is 2. The molecule has 0 saturated carbocycles. The minimum Gasteiger partial charge on any atom is -0.331 e. The van der Waals surface area contributed by atoms with Gasteiger partial charge in [0.1, 0.15) is 11.5 Å². The van der Waals surface area contributed by atoms with Crippen molar-refractivity contribution in [3.05, 3.63) is 114 Å².